The van der Waals surface area contributed by atoms with Gasteiger partial charge in [0, 0.05) is 11.7 Å². The molecule has 2 unspecified atom stereocenters. The van der Waals surface area contributed by atoms with Crippen LogP contribution in [-0.4, -0.2) is 37.8 Å². The minimum Gasteiger partial charge on any atom is -0.459 e. The van der Waals surface area contributed by atoms with Gasteiger partial charge < -0.3 is 4.74 Å². The van der Waals surface area contributed by atoms with Gasteiger partial charge in [-0.05, 0) is 70.6 Å². The standard InChI is InChI=1S/C19H30O5S/c1-5-17(2,3)16(21)24-19-9-13-6-14(10-19)8-18(7-13,12-19)15(20)11-25(4,22)23/h13-14H,5-12H2,1-4H3. The van der Waals surface area contributed by atoms with E-state index in [2.05, 4.69) is 0 Å². The third kappa shape index (κ3) is 3.51. The highest BCUT2D eigenvalue weighted by Gasteiger charge is 2.62. The van der Waals surface area contributed by atoms with E-state index in [9.17, 15) is 18.0 Å². The van der Waals surface area contributed by atoms with Gasteiger partial charge in [0.15, 0.2) is 15.6 Å². The smallest absolute Gasteiger partial charge is 0.312 e. The van der Waals surface area contributed by atoms with Crippen molar-refractivity contribution in [1.82, 2.24) is 0 Å². The van der Waals surface area contributed by atoms with Gasteiger partial charge in [0.25, 0.3) is 0 Å². The highest BCUT2D eigenvalue weighted by molar-refractivity contribution is 7.91. The maximum atomic E-state index is 12.9. The predicted octanol–water partition coefficient (Wildman–Crippen LogP) is 2.92. The van der Waals surface area contributed by atoms with Crippen LogP contribution in [0, 0.1) is 22.7 Å². The third-order valence-corrected chi connectivity index (χ3v) is 7.52. The number of sulfone groups is 1. The van der Waals surface area contributed by atoms with Crippen molar-refractivity contribution in [3.8, 4) is 0 Å². The molecule has 25 heavy (non-hydrogen) atoms. The Bertz CT molecular complexity index is 677. The summed E-state index contributed by atoms with van der Waals surface area (Å²) in [5.41, 5.74) is -1.71. The van der Waals surface area contributed by atoms with Crippen molar-refractivity contribution in [3.63, 3.8) is 0 Å². The van der Waals surface area contributed by atoms with Crippen LogP contribution in [0.3, 0.4) is 0 Å². The largest absolute Gasteiger partial charge is 0.459 e. The number of ether oxygens (including phenoxy) is 1. The van der Waals surface area contributed by atoms with Crippen LogP contribution in [-0.2, 0) is 24.2 Å². The van der Waals surface area contributed by atoms with Gasteiger partial charge in [0.05, 0.1) is 5.41 Å². The number of carbonyl (C=O) groups excluding carboxylic acids is 2. The molecule has 0 aromatic heterocycles. The van der Waals surface area contributed by atoms with Crippen molar-refractivity contribution < 1.29 is 22.7 Å². The Morgan fingerprint density at radius 3 is 2.16 bits per heavy atom. The van der Waals surface area contributed by atoms with Crippen LogP contribution in [0.2, 0.25) is 0 Å². The fourth-order valence-corrected chi connectivity index (χ4v) is 6.28. The zero-order valence-electron chi connectivity index (χ0n) is 15.8. The van der Waals surface area contributed by atoms with Crippen LogP contribution in [0.4, 0.5) is 0 Å². The number of hydrogen-bond donors (Lipinski definition) is 0. The Labute approximate surface area is 150 Å². The molecule has 0 N–H and O–H groups in total. The minimum absolute atomic E-state index is 0.167. The molecule has 2 atom stereocenters. The van der Waals surface area contributed by atoms with E-state index in [0.717, 1.165) is 38.4 Å². The molecule has 0 saturated heterocycles. The van der Waals surface area contributed by atoms with Gasteiger partial charge in [-0.2, -0.15) is 0 Å². The number of esters is 1. The lowest BCUT2D eigenvalue weighted by molar-refractivity contribution is -0.209. The number of Topliss-reactive ketones (excluding diaryl/α,β-unsaturated/α-hetero) is 1. The zero-order chi connectivity index (χ0) is 18.7. The molecular formula is C19H30O5S. The average molecular weight is 371 g/mol. The average Bonchev–Trinajstić information content (AvgIpc) is 2.43. The van der Waals surface area contributed by atoms with Gasteiger partial charge in [0.2, 0.25) is 0 Å². The van der Waals surface area contributed by atoms with Gasteiger partial charge in [0.1, 0.15) is 11.4 Å². The van der Waals surface area contributed by atoms with Crippen molar-refractivity contribution in [2.75, 3.05) is 12.0 Å². The van der Waals surface area contributed by atoms with E-state index in [-0.39, 0.29) is 11.8 Å². The molecule has 0 radical (unpaired) electrons. The van der Waals surface area contributed by atoms with Crippen molar-refractivity contribution in [2.24, 2.45) is 22.7 Å². The molecular weight excluding hydrogens is 340 g/mol. The van der Waals surface area contributed by atoms with Gasteiger partial charge >= 0.3 is 5.97 Å². The van der Waals surface area contributed by atoms with E-state index < -0.39 is 32.0 Å². The van der Waals surface area contributed by atoms with Crippen molar-refractivity contribution in [3.05, 3.63) is 0 Å². The fraction of sp³-hybridized carbons (Fsp3) is 0.895. The molecule has 6 heteroatoms. The van der Waals surface area contributed by atoms with E-state index >= 15 is 0 Å². The van der Waals surface area contributed by atoms with E-state index in [1.165, 1.54) is 0 Å². The van der Waals surface area contributed by atoms with Crippen LogP contribution in [0.1, 0.15) is 65.7 Å². The topological polar surface area (TPSA) is 77.5 Å². The first-order chi connectivity index (χ1) is 11.4. The number of rotatable bonds is 6. The SMILES string of the molecule is CCC(C)(C)C(=O)OC12CC3CC(C1)CC(C(=O)CS(C)(=O)=O)(C3)C2. The summed E-state index contributed by atoms with van der Waals surface area (Å²) in [5.74, 6) is -0.0248. The molecule has 4 fully saturated rings. The molecule has 142 valence electrons. The molecule has 0 heterocycles. The van der Waals surface area contributed by atoms with Gasteiger partial charge in [-0.25, -0.2) is 8.42 Å². The second-order valence-electron chi connectivity index (χ2n) is 9.54. The molecule has 0 aromatic rings. The highest BCUT2D eigenvalue weighted by Crippen LogP contribution is 2.63. The molecule has 4 saturated carbocycles. The summed E-state index contributed by atoms with van der Waals surface area (Å²) in [6.45, 7) is 5.75. The lowest BCUT2D eigenvalue weighted by Gasteiger charge is -2.60. The van der Waals surface area contributed by atoms with Gasteiger partial charge in [-0.1, -0.05) is 6.92 Å². The number of hydrogen-bond acceptors (Lipinski definition) is 5. The van der Waals surface area contributed by atoms with E-state index in [0.29, 0.717) is 24.7 Å². The maximum Gasteiger partial charge on any atom is 0.312 e. The van der Waals surface area contributed by atoms with E-state index in [4.69, 9.17) is 4.74 Å². The van der Waals surface area contributed by atoms with Gasteiger partial charge in [-0.15, -0.1) is 0 Å². The molecule has 0 amide bonds. The van der Waals surface area contributed by atoms with E-state index in [1.54, 1.807) is 0 Å². The molecule has 4 rings (SSSR count). The lowest BCUT2D eigenvalue weighted by Crippen LogP contribution is -2.60. The highest BCUT2D eigenvalue weighted by atomic mass is 32.2. The summed E-state index contributed by atoms with van der Waals surface area (Å²) < 4.78 is 29.4. The van der Waals surface area contributed by atoms with Crippen molar-refractivity contribution >= 4 is 21.6 Å². The maximum absolute atomic E-state index is 12.9. The molecule has 0 aromatic carbocycles. The summed E-state index contributed by atoms with van der Waals surface area (Å²) in [6, 6.07) is 0. The van der Waals surface area contributed by atoms with Crippen LogP contribution in [0.25, 0.3) is 0 Å². The predicted molar refractivity (Wildman–Crippen MR) is 94.7 cm³/mol. The lowest BCUT2D eigenvalue weighted by atomic mass is 9.47. The van der Waals surface area contributed by atoms with Crippen molar-refractivity contribution in [2.45, 2.75) is 71.3 Å². The van der Waals surface area contributed by atoms with Crippen LogP contribution >= 0.6 is 0 Å². The first kappa shape index (κ1) is 18.9. The number of carbonyl (C=O) groups is 2. The first-order valence-corrected chi connectivity index (χ1v) is 11.4. The van der Waals surface area contributed by atoms with Crippen molar-refractivity contribution in [1.29, 1.82) is 0 Å². The van der Waals surface area contributed by atoms with Crippen LogP contribution in [0.15, 0.2) is 0 Å². The second kappa shape index (κ2) is 5.80. The Morgan fingerprint density at radius 2 is 1.68 bits per heavy atom. The second-order valence-corrected chi connectivity index (χ2v) is 11.7. The fourth-order valence-electron chi connectivity index (χ4n) is 5.49. The Kier molecular flexibility index (Phi) is 4.37. The number of ketones is 1. The minimum atomic E-state index is -3.34. The molecule has 4 aliphatic rings. The first-order valence-electron chi connectivity index (χ1n) is 9.33. The monoisotopic (exact) mass is 370 g/mol. The summed E-state index contributed by atoms with van der Waals surface area (Å²) in [6.07, 6.45) is 6.56. The van der Waals surface area contributed by atoms with Crippen LogP contribution < -0.4 is 0 Å². The molecule has 4 bridgehead atoms. The van der Waals surface area contributed by atoms with Crippen LogP contribution in [0.5, 0.6) is 0 Å². The molecule has 4 aliphatic carbocycles. The summed E-state index contributed by atoms with van der Waals surface area (Å²) in [5, 5.41) is 0. The molecule has 0 spiro atoms. The summed E-state index contributed by atoms with van der Waals surface area (Å²) in [7, 11) is -3.34. The molecule has 5 nitrogen and oxygen atoms in total. The zero-order valence-corrected chi connectivity index (χ0v) is 16.6. The van der Waals surface area contributed by atoms with E-state index in [1.807, 2.05) is 20.8 Å². The normalized spacial score (nSPS) is 37.1. The Morgan fingerprint density at radius 1 is 1.12 bits per heavy atom. The quantitative estimate of drug-likeness (QED) is 0.672. The summed E-state index contributed by atoms with van der Waals surface area (Å²) >= 11 is 0. The Balaban J connectivity index is 1.86. The Hall–Kier alpha value is -0.910. The third-order valence-electron chi connectivity index (χ3n) is 6.74. The molecule has 0 aliphatic heterocycles. The summed E-state index contributed by atoms with van der Waals surface area (Å²) in [4.78, 5) is 25.6. The van der Waals surface area contributed by atoms with Gasteiger partial charge in [-0.3, -0.25) is 9.59 Å².